The first-order chi connectivity index (χ1) is 15.0. The SMILES string of the molecule is CN(CC(=O)OC(C)(C)C)c1ccnc(-c2ccc(Oc3ncc(Cl)cc3F)cc2Cl)n1. The van der Waals surface area contributed by atoms with E-state index < -0.39 is 11.4 Å². The highest BCUT2D eigenvalue weighted by Crippen LogP contribution is 2.32. The number of ether oxygens (including phenoxy) is 2. The number of hydrogen-bond donors (Lipinski definition) is 0. The number of likely N-dealkylation sites (N-methyl/N-ethyl adjacent to an activating group) is 1. The van der Waals surface area contributed by atoms with Crippen LogP contribution >= 0.6 is 23.2 Å². The number of nitrogens with zero attached hydrogens (tertiary/aromatic N) is 4. The van der Waals surface area contributed by atoms with Gasteiger partial charge in [0.05, 0.1) is 10.0 Å². The van der Waals surface area contributed by atoms with Gasteiger partial charge >= 0.3 is 5.97 Å². The van der Waals surface area contributed by atoms with Crippen molar-refractivity contribution < 1.29 is 18.7 Å². The van der Waals surface area contributed by atoms with E-state index >= 15 is 0 Å². The molecule has 0 amide bonds. The van der Waals surface area contributed by atoms with Gasteiger partial charge < -0.3 is 14.4 Å². The van der Waals surface area contributed by atoms with E-state index in [4.69, 9.17) is 32.7 Å². The smallest absolute Gasteiger partial charge is 0.326 e. The summed E-state index contributed by atoms with van der Waals surface area (Å²) in [4.78, 5) is 26.3. The molecule has 0 spiro atoms. The minimum absolute atomic E-state index is 0.0217. The maximum atomic E-state index is 13.9. The summed E-state index contributed by atoms with van der Waals surface area (Å²) in [6.07, 6.45) is 2.85. The van der Waals surface area contributed by atoms with Gasteiger partial charge in [0.25, 0.3) is 5.88 Å². The average Bonchev–Trinajstić information content (AvgIpc) is 2.69. The summed E-state index contributed by atoms with van der Waals surface area (Å²) in [6, 6.07) is 7.53. The number of aromatic nitrogens is 3. The number of carbonyl (C=O) groups excluding carboxylic acids is 1. The number of anilines is 1. The highest BCUT2D eigenvalue weighted by atomic mass is 35.5. The van der Waals surface area contributed by atoms with Crippen molar-refractivity contribution in [1.29, 1.82) is 0 Å². The molecule has 0 N–H and O–H groups in total. The lowest BCUT2D eigenvalue weighted by atomic mass is 10.2. The predicted octanol–water partition coefficient (Wildman–Crippen LogP) is 5.55. The van der Waals surface area contributed by atoms with Gasteiger partial charge in [-0.25, -0.2) is 19.3 Å². The fourth-order valence-corrected chi connectivity index (χ4v) is 3.07. The van der Waals surface area contributed by atoms with Gasteiger partial charge in [0.2, 0.25) is 0 Å². The van der Waals surface area contributed by atoms with Crippen LogP contribution in [0, 0.1) is 5.82 Å². The second-order valence-electron chi connectivity index (χ2n) is 7.87. The van der Waals surface area contributed by atoms with Crippen molar-refractivity contribution in [3.05, 3.63) is 58.6 Å². The van der Waals surface area contributed by atoms with Gasteiger partial charge in [-0.05, 0) is 45.0 Å². The van der Waals surface area contributed by atoms with E-state index in [0.29, 0.717) is 22.2 Å². The van der Waals surface area contributed by atoms with Gasteiger partial charge in [0.15, 0.2) is 11.6 Å². The van der Waals surface area contributed by atoms with Crippen LogP contribution in [0.25, 0.3) is 11.4 Å². The molecule has 2 aromatic heterocycles. The van der Waals surface area contributed by atoms with Crippen molar-refractivity contribution in [1.82, 2.24) is 15.0 Å². The minimum atomic E-state index is -0.693. The summed E-state index contributed by atoms with van der Waals surface area (Å²) in [6.45, 7) is 5.44. The molecule has 0 atom stereocenters. The van der Waals surface area contributed by atoms with Gasteiger partial charge in [0.1, 0.15) is 23.7 Å². The molecule has 0 radical (unpaired) electrons. The Bertz CT molecular complexity index is 1140. The highest BCUT2D eigenvalue weighted by molar-refractivity contribution is 6.33. The quantitative estimate of drug-likeness (QED) is 0.429. The van der Waals surface area contributed by atoms with E-state index in [1.807, 2.05) is 0 Å². The molecule has 0 bridgehead atoms. The summed E-state index contributed by atoms with van der Waals surface area (Å²) in [5, 5.41) is 0.459. The number of esters is 1. The molecule has 3 rings (SSSR count). The molecule has 32 heavy (non-hydrogen) atoms. The van der Waals surface area contributed by atoms with Gasteiger partial charge in [-0.15, -0.1) is 0 Å². The van der Waals surface area contributed by atoms with Crippen molar-refractivity contribution in [2.75, 3.05) is 18.5 Å². The Balaban J connectivity index is 1.77. The van der Waals surface area contributed by atoms with Crippen LogP contribution in [0.15, 0.2) is 42.7 Å². The Morgan fingerprint density at radius 3 is 2.56 bits per heavy atom. The number of hydrogen-bond acceptors (Lipinski definition) is 7. The summed E-state index contributed by atoms with van der Waals surface area (Å²) in [5.74, 6) is -0.133. The molecule has 0 aliphatic rings. The zero-order valence-electron chi connectivity index (χ0n) is 17.9. The van der Waals surface area contributed by atoms with Crippen LogP contribution in [0.3, 0.4) is 0 Å². The molecule has 0 aliphatic carbocycles. The second kappa shape index (κ2) is 9.67. The molecule has 0 saturated heterocycles. The lowest BCUT2D eigenvalue weighted by Gasteiger charge is -2.23. The summed E-state index contributed by atoms with van der Waals surface area (Å²) < 4.78 is 24.7. The Hall–Kier alpha value is -2.97. The summed E-state index contributed by atoms with van der Waals surface area (Å²) in [5.41, 5.74) is -0.0348. The van der Waals surface area contributed by atoms with E-state index in [1.54, 1.807) is 57.1 Å². The molecule has 0 unspecified atom stereocenters. The van der Waals surface area contributed by atoms with Crippen LogP contribution in [-0.2, 0) is 9.53 Å². The Kier molecular flexibility index (Phi) is 7.16. The van der Waals surface area contributed by atoms with Crippen molar-refractivity contribution in [2.24, 2.45) is 0 Å². The van der Waals surface area contributed by atoms with Crippen LogP contribution in [0.5, 0.6) is 11.6 Å². The highest BCUT2D eigenvalue weighted by Gasteiger charge is 2.19. The van der Waals surface area contributed by atoms with Crippen LogP contribution in [-0.4, -0.2) is 40.1 Å². The second-order valence-corrected chi connectivity index (χ2v) is 8.71. The Morgan fingerprint density at radius 2 is 1.91 bits per heavy atom. The standard InChI is InChI=1S/C22H21Cl2FN4O3/c1-22(2,3)32-19(30)12-29(4)18-7-8-26-20(28-18)15-6-5-14(10-16(15)24)31-21-17(25)9-13(23)11-27-21/h5-11H,12H2,1-4H3. The topological polar surface area (TPSA) is 77.4 Å². The van der Waals surface area contributed by atoms with Crippen LogP contribution in [0.2, 0.25) is 10.0 Å². The Labute approximate surface area is 195 Å². The molecule has 10 heteroatoms. The fraction of sp³-hybridized carbons (Fsp3) is 0.273. The zero-order valence-corrected chi connectivity index (χ0v) is 19.4. The van der Waals surface area contributed by atoms with Gasteiger partial charge in [0, 0.05) is 31.1 Å². The van der Waals surface area contributed by atoms with Gasteiger partial charge in [-0.2, -0.15) is 0 Å². The fourth-order valence-electron chi connectivity index (χ4n) is 2.67. The van der Waals surface area contributed by atoms with Crippen molar-refractivity contribution >= 4 is 35.0 Å². The van der Waals surface area contributed by atoms with E-state index in [0.717, 1.165) is 6.07 Å². The minimum Gasteiger partial charge on any atom is -0.459 e. The Morgan fingerprint density at radius 1 is 1.16 bits per heavy atom. The third kappa shape index (κ3) is 6.27. The summed E-state index contributed by atoms with van der Waals surface area (Å²) >= 11 is 12.1. The van der Waals surface area contributed by atoms with Crippen LogP contribution in [0.1, 0.15) is 20.8 Å². The number of halogens is 3. The molecule has 7 nitrogen and oxygen atoms in total. The van der Waals surface area contributed by atoms with Crippen molar-refractivity contribution in [3.63, 3.8) is 0 Å². The van der Waals surface area contributed by atoms with E-state index in [-0.39, 0.29) is 29.2 Å². The van der Waals surface area contributed by atoms with Gasteiger partial charge in [-0.3, -0.25) is 4.79 Å². The lowest BCUT2D eigenvalue weighted by Crippen LogP contribution is -2.33. The van der Waals surface area contributed by atoms with Crippen molar-refractivity contribution in [3.8, 4) is 23.0 Å². The first-order valence-electron chi connectivity index (χ1n) is 9.57. The predicted molar refractivity (Wildman–Crippen MR) is 121 cm³/mol. The van der Waals surface area contributed by atoms with Gasteiger partial charge in [-0.1, -0.05) is 23.2 Å². The van der Waals surface area contributed by atoms with Crippen LogP contribution in [0.4, 0.5) is 10.2 Å². The third-order valence-corrected chi connectivity index (χ3v) is 4.51. The summed E-state index contributed by atoms with van der Waals surface area (Å²) in [7, 11) is 1.72. The van der Waals surface area contributed by atoms with Crippen molar-refractivity contribution in [2.45, 2.75) is 26.4 Å². The molecular formula is C22H21Cl2FN4O3. The maximum Gasteiger partial charge on any atom is 0.326 e. The number of rotatable bonds is 6. The van der Waals surface area contributed by atoms with E-state index in [2.05, 4.69) is 15.0 Å². The molecule has 0 saturated carbocycles. The number of pyridine rings is 1. The first kappa shape index (κ1) is 23.7. The third-order valence-electron chi connectivity index (χ3n) is 3.99. The molecule has 3 aromatic rings. The molecule has 1 aromatic carbocycles. The molecular weight excluding hydrogens is 458 g/mol. The molecule has 2 heterocycles. The van der Waals surface area contributed by atoms with Crippen LogP contribution < -0.4 is 9.64 Å². The number of carbonyl (C=O) groups is 1. The first-order valence-corrected chi connectivity index (χ1v) is 10.3. The lowest BCUT2D eigenvalue weighted by molar-refractivity contribution is -0.152. The monoisotopic (exact) mass is 478 g/mol. The molecule has 0 aliphatic heterocycles. The molecule has 0 fully saturated rings. The number of benzene rings is 1. The molecule has 168 valence electrons. The largest absolute Gasteiger partial charge is 0.459 e. The maximum absolute atomic E-state index is 13.9. The zero-order chi connectivity index (χ0) is 23.5. The van der Waals surface area contributed by atoms with E-state index in [9.17, 15) is 9.18 Å². The van der Waals surface area contributed by atoms with E-state index in [1.165, 1.54) is 12.3 Å². The normalized spacial score (nSPS) is 11.2. The average molecular weight is 479 g/mol.